The number of carbonyl (C=O) groups is 2. The summed E-state index contributed by atoms with van der Waals surface area (Å²) in [6.45, 7) is 3.17. The number of aliphatic carboxylic acids is 1. The van der Waals surface area contributed by atoms with E-state index in [2.05, 4.69) is 5.32 Å². The van der Waals surface area contributed by atoms with Crippen molar-refractivity contribution >= 4 is 12.0 Å². The highest BCUT2D eigenvalue weighted by Gasteiger charge is 2.27. The Bertz CT molecular complexity index is 670. The molecule has 6 nitrogen and oxygen atoms in total. The highest BCUT2D eigenvalue weighted by atomic mass is 19.1. The summed E-state index contributed by atoms with van der Waals surface area (Å²) in [4.78, 5) is 24.9. The molecular formula is C19H25FN2O4. The molecule has 1 saturated heterocycles. The van der Waals surface area contributed by atoms with E-state index in [1.807, 2.05) is 0 Å². The van der Waals surface area contributed by atoms with Gasteiger partial charge in [0.05, 0.1) is 18.6 Å². The van der Waals surface area contributed by atoms with Crippen LogP contribution >= 0.6 is 0 Å². The summed E-state index contributed by atoms with van der Waals surface area (Å²) >= 11 is 0. The minimum atomic E-state index is -0.808. The summed E-state index contributed by atoms with van der Waals surface area (Å²) in [6, 6.07) is 4.15. The third kappa shape index (κ3) is 4.65. The Hall–Kier alpha value is -2.31. The van der Waals surface area contributed by atoms with Crippen molar-refractivity contribution in [2.24, 2.45) is 11.8 Å². The molecule has 0 bridgehead atoms. The Morgan fingerprint density at radius 3 is 2.58 bits per heavy atom. The molecule has 1 aliphatic carbocycles. The number of amides is 2. The van der Waals surface area contributed by atoms with Gasteiger partial charge in [-0.3, -0.25) is 4.79 Å². The number of nitrogens with one attached hydrogen (secondary N) is 1. The van der Waals surface area contributed by atoms with Gasteiger partial charge in [0.25, 0.3) is 0 Å². The van der Waals surface area contributed by atoms with Crippen molar-refractivity contribution in [3.8, 4) is 5.75 Å². The minimum absolute atomic E-state index is 0.245. The van der Waals surface area contributed by atoms with Gasteiger partial charge >= 0.3 is 12.0 Å². The van der Waals surface area contributed by atoms with Gasteiger partial charge in [-0.15, -0.1) is 0 Å². The SMILES string of the molecule is CC(NC(=O)N1CCC(C(=O)O)CC1)c1ccc(OCC2CC2)c(F)c1. The number of likely N-dealkylation sites (tertiary alicyclic amines) is 1. The molecule has 1 saturated carbocycles. The average Bonchev–Trinajstić information content (AvgIpc) is 3.45. The Balaban J connectivity index is 1.52. The van der Waals surface area contributed by atoms with Gasteiger partial charge in [0.15, 0.2) is 11.6 Å². The summed E-state index contributed by atoms with van der Waals surface area (Å²) in [5, 5.41) is 11.9. The van der Waals surface area contributed by atoms with Crippen molar-refractivity contribution < 1.29 is 23.8 Å². The molecule has 0 aromatic heterocycles. The maximum atomic E-state index is 14.2. The molecule has 142 valence electrons. The molecule has 1 unspecified atom stereocenters. The van der Waals surface area contributed by atoms with Gasteiger partial charge in [0.2, 0.25) is 0 Å². The van der Waals surface area contributed by atoms with E-state index in [0.29, 0.717) is 44.0 Å². The zero-order valence-corrected chi connectivity index (χ0v) is 14.9. The standard InChI is InChI=1S/C19H25FN2O4/c1-12(21-19(25)22-8-6-14(7-9-22)18(23)24)15-4-5-17(16(20)10-15)26-11-13-2-3-13/h4-5,10,12-14H,2-3,6-9,11H2,1H3,(H,21,25)(H,23,24). The van der Waals surface area contributed by atoms with E-state index in [1.165, 1.54) is 6.07 Å². The number of carbonyl (C=O) groups excluding carboxylic acids is 1. The molecule has 2 N–H and O–H groups in total. The molecule has 1 aromatic rings. The summed E-state index contributed by atoms with van der Waals surface area (Å²) in [6.07, 6.45) is 3.20. The number of urea groups is 1. The number of carboxylic acid groups (broad SMARTS) is 1. The van der Waals surface area contributed by atoms with E-state index >= 15 is 0 Å². The predicted octanol–water partition coefficient (Wildman–Crippen LogP) is 3.18. The van der Waals surface area contributed by atoms with Crippen molar-refractivity contribution in [2.75, 3.05) is 19.7 Å². The highest BCUT2D eigenvalue weighted by molar-refractivity contribution is 5.75. The maximum Gasteiger partial charge on any atom is 0.317 e. The first-order valence-corrected chi connectivity index (χ1v) is 9.14. The third-order valence-corrected chi connectivity index (χ3v) is 5.10. The van der Waals surface area contributed by atoms with Crippen molar-refractivity contribution in [3.63, 3.8) is 0 Å². The topological polar surface area (TPSA) is 78.9 Å². The normalized spacial score (nSPS) is 19.1. The number of hydrogen-bond donors (Lipinski definition) is 2. The average molecular weight is 364 g/mol. The monoisotopic (exact) mass is 364 g/mol. The molecule has 0 spiro atoms. The first-order valence-electron chi connectivity index (χ1n) is 9.14. The fraction of sp³-hybridized carbons (Fsp3) is 0.579. The van der Waals surface area contributed by atoms with Crippen LogP contribution in [0, 0.1) is 17.7 Å². The van der Waals surface area contributed by atoms with Gasteiger partial charge in [0, 0.05) is 13.1 Å². The smallest absolute Gasteiger partial charge is 0.317 e. The zero-order valence-electron chi connectivity index (χ0n) is 14.9. The molecular weight excluding hydrogens is 339 g/mol. The fourth-order valence-corrected chi connectivity index (χ4v) is 3.08. The van der Waals surface area contributed by atoms with E-state index in [1.54, 1.807) is 24.0 Å². The number of hydrogen-bond acceptors (Lipinski definition) is 3. The third-order valence-electron chi connectivity index (χ3n) is 5.10. The molecule has 2 fully saturated rings. The van der Waals surface area contributed by atoms with Gasteiger partial charge in [-0.2, -0.15) is 0 Å². The second kappa shape index (κ2) is 7.93. The number of benzene rings is 1. The first kappa shape index (κ1) is 18.5. The molecule has 7 heteroatoms. The van der Waals surface area contributed by atoms with Crippen LogP contribution in [0.3, 0.4) is 0 Å². The Kier molecular flexibility index (Phi) is 5.64. The Morgan fingerprint density at radius 1 is 1.31 bits per heavy atom. The van der Waals surface area contributed by atoms with Crippen LogP contribution in [0.15, 0.2) is 18.2 Å². The molecule has 2 amide bonds. The van der Waals surface area contributed by atoms with E-state index in [9.17, 15) is 14.0 Å². The van der Waals surface area contributed by atoms with Crippen LogP contribution in [0.4, 0.5) is 9.18 Å². The molecule has 3 rings (SSSR count). The largest absolute Gasteiger partial charge is 0.490 e. The van der Waals surface area contributed by atoms with Gasteiger partial charge < -0.3 is 20.1 Å². The molecule has 1 atom stereocenters. The lowest BCUT2D eigenvalue weighted by molar-refractivity contribution is -0.143. The Morgan fingerprint density at radius 2 is 2.00 bits per heavy atom. The number of piperidine rings is 1. The van der Waals surface area contributed by atoms with Crippen LogP contribution in [0.1, 0.15) is 44.2 Å². The van der Waals surface area contributed by atoms with Crippen LogP contribution in [-0.2, 0) is 4.79 Å². The quantitative estimate of drug-likeness (QED) is 0.813. The molecule has 1 heterocycles. The summed E-state index contributed by atoms with van der Waals surface area (Å²) in [5.74, 6) is -0.814. The summed E-state index contributed by atoms with van der Waals surface area (Å²) in [7, 11) is 0. The van der Waals surface area contributed by atoms with Gasteiger partial charge in [-0.1, -0.05) is 6.07 Å². The Labute approximate surface area is 152 Å². The first-order chi connectivity index (χ1) is 12.4. The zero-order chi connectivity index (χ0) is 18.7. The number of halogens is 1. The summed E-state index contributed by atoms with van der Waals surface area (Å²) < 4.78 is 19.7. The van der Waals surface area contributed by atoms with Crippen LogP contribution in [0.5, 0.6) is 5.75 Å². The number of nitrogens with zero attached hydrogens (tertiary/aromatic N) is 1. The second-order valence-electron chi connectivity index (χ2n) is 7.21. The minimum Gasteiger partial charge on any atom is -0.490 e. The lowest BCUT2D eigenvalue weighted by atomic mass is 9.97. The maximum absolute atomic E-state index is 14.2. The summed E-state index contributed by atoms with van der Waals surface area (Å²) in [5.41, 5.74) is 0.662. The molecule has 1 aliphatic heterocycles. The fourth-order valence-electron chi connectivity index (χ4n) is 3.08. The second-order valence-corrected chi connectivity index (χ2v) is 7.21. The van der Waals surface area contributed by atoms with Gasteiger partial charge in [0.1, 0.15) is 0 Å². The number of ether oxygens (including phenoxy) is 1. The van der Waals surface area contributed by atoms with Crippen molar-refractivity contribution in [3.05, 3.63) is 29.6 Å². The molecule has 1 aromatic carbocycles. The van der Waals surface area contributed by atoms with Crippen molar-refractivity contribution in [1.29, 1.82) is 0 Å². The van der Waals surface area contributed by atoms with Crippen LogP contribution in [-0.4, -0.2) is 41.7 Å². The molecule has 0 radical (unpaired) electrons. The van der Waals surface area contributed by atoms with Crippen LogP contribution in [0.25, 0.3) is 0 Å². The molecule has 2 aliphatic rings. The van der Waals surface area contributed by atoms with E-state index in [0.717, 1.165) is 12.8 Å². The van der Waals surface area contributed by atoms with E-state index < -0.39 is 11.8 Å². The molecule has 26 heavy (non-hydrogen) atoms. The van der Waals surface area contributed by atoms with E-state index in [4.69, 9.17) is 9.84 Å². The van der Waals surface area contributed by atoms with Crippen LogP contribution < -0.4 is 10.1 Å². The number of rotatable bonds is 6. The van der Waals surface area contributed by atoms with Crippen molar-refractivity contribution in [1.82, 2.24) is 10.2 Å². The van der Waals surface area contributed by atoms with Gasteiger partial charge in [-0.05, 0) is 56.2 Å². The lowest BCUT2D eigenvalue weighted by Gasteiger charge is -2.31. The van der Waals surface area contributed by atoms with E-state index in [-0.39, 0.29) is 23.7 Å². The number of carboxylic acids is 1. The van der Waals surface area contributed by atoms with Crippen LogP contribution in [0.2, 0.25) is 0 Å². The lowest BCUT2D eigenvalue weighted by Crippen LogP contribution is -2.46. The highest BCUT2D eigenvalue weighted by Crippen LogP contribution is 2.30. The predicted molar refractivity (Wildman–Crippen MR) is 93.5 cm³/mol. The van der Waals surface area contributed by atoms with Gasteiger partial charge in [-0.25, -0.2) is 9.18 Å². The van der Waals surface area contributed by atoms with Crippen molar-refractivity contribution in [2.45, 2.75) is 38.6 Å².